The summed E-state index contributed by atoms with van der Waals surface area (Å²) in [5.41, 5.74) is 0. The van der Waals surface area contributed by atoms with Gasteiger partial charge in [-0.1, -0.05) is 118 Å². The topological polar surface area (TPSA) is 0 Å². The summed E-state index contributed by atoms with van der Waals surface area (Å²) < 4.78 is 0. The molecule has 0 spiro atoms. The van der Waals surface area contributed by atoms with E-state index in [1.165, 1.54) is 0 Å². The van der Waals surface area contributed by atoms with Gasteiger partial charge >= 0.3 is 0 Å². The van der Waals surface area contributed by atoms with E-state index >= 15 is 0 Å². The van der Waals surface area contributed by atoms with Crippen LogP contribution < -0.4 is 0 Å². The quantitative estimate of drug-likeness (QED) is 0.234. The van der Waals surface area contributed by atoms with E-state index in [1.54, 1.807) is 0 Å². The van der Waals surface area contributed by atoms with Crippen molar-refractivity contribution in [2.75, 3.05) is 0 Å². The summed E-state index contributed by atoms with van der Waals surface area (Å²) in [7, 11) is 0.722. The van der Waals surface area contributed by atoms with Gasteiger partial charge < -0.3 is 0 Å². The van der Waals surface area contributed by atoms with E-state index in [4.69, 9.17) is 0 Å². The Morgan fingerprint density at radius 3 is 0.192 bits per heavy atom. The third-order valence-electron chi connectivity index (χ3n) is 0. The zero-order valence-corrected chi connectivity index (χ0v) is 33.7. The van der Waals surface area contributed by atoms with Crippen LogP contribution >= 0.6 is 0 Å². The molecule has 0 heterocycles. The van der Waals surface area contributed by atoms with E-state index in [1.807, 2.05) is 0 Å². The SMILES string of the molecule is C[Si](C)C.C[Si](C)C.C[Si](C)C.C[Si](C)C.C[Si](C)C.C[Si](C)C.[Sn].[Sn]. The number of hydrogen-bond donors (Lipinski definition) is 0. The van der Waals surface area contributed by atoms with Gasteiger partial charge in [-0.2, -0.15) is 0 Å². The fraction of sp³-hybridized carbons (Fsp3) is 1.00. The van der Waals surface area contributed by atoms with Gasteiger partial charge in [-0.3, -0.25) is 0 Å². The Morgan fingerprint density at radius 1 is 0.192 bits per heavy atom. The van der Waals surface area contributed by atoms with Gasteiger partial charge in [0.2, 0.25) is 0 Å². The third kappa shape index (κ3) is 2150. The first-order valence-electron chi connectivity index (χ1n) is 9.00. The zero-order chi connectivity index (χ0) is 21.5. The van der Waals surface area contributed by atoms with Crippen molar-refractivity contribution in [3.05, 3.63) is 0 Å². The van der Waals surface area contributed by atoms with Crippen molar-refractivity contribution >= 4 is 101 Å². The second-order valence-corrected chi connectivity index (χ2v) is 27.0. The normalized spacial score (nSPS) is 8.31. The van der Waals surface area contributed by atoms with E-state index < -0.39 is 0 Å². The minimum atomic E-state index is 0. The van der Waals surface area contributed by atoms with E-state index in [-0.39, 0.29) is 101 Å². The minimum absolute atomic E-state index is 0. The van der Waals surface area contributed by atoms with Crippen LogP contribution in [0.15, 0.2) is 0 Å². The van der Waals surface area contributed by atoms with Crippen LogP contribution in [0, 0.1) is 0 Å². The summed E-state index contributed by atoms with van der Waals surface area (Å²) in [6, 6.07) is 0. The first-order valence-corrected chi connectivity index (χ1v) is 27.0. The molecule has 0 rings (SSSR count). The van der Waals surface area contributed by atoms with E-state index in [9.17, 15) is 0 Å². The Labute approximate surface area is 216 Å². The van der Waals surface area contributed by atoms with Crippen molar-refractivity contribution in [3.63, 3.8) is 0 Å². The van der Waals surface area contributed by atoms with Crippen LogP contribution in [0.3, 0.4) is 0 Å². The van der Waals surface area contributed by atoms with Crippen LogP contribution in [-0.4, -0.2) is 101 Å². The molecule has 0 aromatic rings. The number of hydrogen-bond acceptors (Lipinski definition) is 0. The predicted octanol–water partition coefficient (Wildman–Crippen LogP) is 7.46. The fourth-order valence-corrected chi connectivity index (χ4v) is 0. The summed E-state index contributed by atoms with van der Waals surface area (Å²) in [6.45, 7) is 40.8. The van der Waals surface area contributed by atoms with Crippen molar-refractivity contribution < 1.29 is 0 Å². The maximum Gasteiger partial charge on any atom is 0.0379 e. The first-order chi connectivity index (χ1) is 10.4. The van der Waals surface area contributed by atoms with Crippen molar-refractivity contribution in [2.45, 2.75) is 118 Å². The molecule has 0 unspecified atom stereocenters. The Hall–Kier alpha value is 2.90. The molecule has 0 bridgehead atoms. The molecule has 0 saturated heterocycles. The molecular formula is C18H54Si6Sn2. The molecule has 0 saturated carbocycles. The Morgan fingerprint density at radius 2 is 0.192 bits per heavy atom. The maximum atomic E-state index is 2.27. The van der Waals surface area contributed by atoms with Crippen LogP contribution in [0.25, 0.3) is 0 Å². The maximum absolute atomic E-state index is 2.27. The third-order valence-corrected chi connectivity index (χ3v) is 0. The van der Waals surface area contributed by atoms with Crippen LogP contribution in [-0.2, 0) is 0 Å². The summed E-state index contributed by atoms with van der Waals surface area (Å²) >= 11 is 0. The largest absolute Gasteiger partial charge is 0.0715 e. The number of rotatable bonds is 0. The van der Waals surface area contributed by atoms with E-state index in [0.717, 1.165) is 0 Å². The van der Waals surface area contributed by atoms with Gasteiger partial charge in [0.1, 0.15) is 0 Å². The predicted molar refractivity (Wildman–Crippen MR) is 152 cm³/mol. The molecule has 0 nitrogen and oxygen atoms in total. The van der Waals surface area contributed by atoms with E-state index in [2.05, 4.69) is 118 Å². The van der Waals surface area contributed by atoms with Crippen LogP contribution in [0.2, 0.25) is 118 Å². The summed E-state index contributed by atoms with van der Waals surface area (Å²) in [5.74, 6) is 0. The van der Waals surface area contributed by atoms with Gasteiger partial charge in [0, 0.05) is 101 Å². The van der Waals surface area contributed by atoms with Crippen LogP contribution in [0.1, 0.15) is 0 Å². The molecule has 0 fully saturated rings. The summed E-state index contributed by atoms with van der Waals surface area (Å²) in [4.78, 5) is 0. The van der Waals surface area contributed by atoms with Gasteiger partial charge in [0.15, 0.2) is 0 Å². The molecule has 0 aliphatic rings. The average Bonchev–Trinajstić information content (AvgIpc) is 2.08. The fourth-order valence-electron chi connectivity index (χ4n) is 0. The van der Waals surface area contributed by atoms with Crippen molar-refractivity contribution in [2.24, 2.45) is 0 Å². The van der Waals surface area contributed by atoms with Gasteiger partial charge in [0.05, 0.1) is 0 Å². The minimum Gasteiger partial charge on any atom is -0.0715 e. The molecule has 0 amide bonds. The Kier molecular flexibility index (Phi) is 91.5. The van der Waals surface area contributed by atoms with Gasteiger partial charge in [-0.25, -0.2) is 0 Å². The molecule has 0 aliphatic carbocycles. The molecule has 14 radical (unpaired) electrons. The van der Waals surface area contributed by atoms with Crippen molar-refractivity contribution in [1.29, 1.82) is 0 Å². The molecular weight excluding hydrogens is 622 g/mol. The van der Waals surface area contributed by atoms with Gasteiger partial charge in [0.25, 0.3) is 0 Å². The second kappa shape index (κ2) is 46.2. The smallest absolute Gasteiger partial charge is 0.0379 e. The first kappa shape index (κ1) is 51.5. The molecule has 158 valence electrons. The Bertz CT molecular complexity index is 105. The van der Waals surface area contributed by atoms with Crippen LogP contribution in [0.4, 0.5) is 0 Å². The second-order valence-electron chi connectivity index (χ2n) is 9.00. The van der Waals surface area contributed by atoms with Crippen LogP contribution in [0.5, 0.6) is 0 Å². The average molecular weight is 677 g/mol. The van der Waals surface area contributed by atoms with Gasteiger partial charge in [-0.05, 0) is 0 Å². The molecule has 0 aromatic carbocycles. The van der Waals surface area contributed by atoms with Gasteiger partial charge in [-0.15, -0.1) is 0 Å². The Balaban J connectivity index is -0.0000000245. The summed E-state index contributed by atoms with van der Waals surface area (Å²) in [5, 5.41) is 0. The molecule has 8 heteroatoms. The van der Waals surface area contributed by atoms with Crippen molar-refractivity contribution in [1.82, 2.24) is 0 Å². The summed E-state index contributed by atoms with van der Waals surface area (Å²) in [6.07, 6.45) is 0. The molecule has 0 aromatic heterocycles. The molecule has 0 N–H and O–H groups in total. The molecule has 0 atom stereocenters. The molecule has 26 heavy (non-hydrogen) atoms. The van der Waals surface area contributed by atoms with E-state index in [0.29, 0.717) is 0 Å². The monoisotopic (exact) mass is 678 g/mol. The standard InChI is InChI=1S/6C3H9Si.2Sn/c6*1-4(2)3;;/h6*1-3H3;;. The molecule has 0 aliphatic heterocycles. The van der Waals surface area contributed by atoms with Crippen molar-refractivity contribution in [3.8, 4) is 0 Å². The zero-order valence-electron chi connectivity index (χ0n) is 22.0.